The predicted molar refractivity (Wildman–Crippen MR) is 168 cm³/mol. The molecule has 2 saturated carbocycles. The lowest BCUT2D eigenvalue weighted by Gasteiger charge is -2.22. The van der Waals surface area contributed by atoms with Gasteiger partial charge in [-0.15, -0.1) is 0 Å². The number of methoxy groups -OCH3 is 1. The molecule has 0 N–H and O–H groups in total. The minimum Gasteiger partial charge on any atom is -0.493 e. The predicted octanol–water partition coefficient (Wildman–Crippen LogP) is 6.28. The van der Waals surface area contributed by atoms with Gasteiger partial charge in [0.05, 0.1) is 37.6 Å². The van der Waals surface area contributed by atoms with E-state index >= 15 is 0 Å². The average Bonchev–Trinajstić information content (AvgIpc) is 3.90. The molecule has 44 heavy (non-hydrogen) atoms. The summed E-state index contributed by atoms with van der Waals surface area (Å²) in [5.41, 5.74) is 5.00. The van der Waals surface area contributed by atoms with Crippen molar-refractivity contribution >= 4 is 23.7 Å². The Kier molecular flexibility index (Phi) is 6.69. The van der Waals surface area contributed by atoms with Gasteiger partial charge in [-0.2, -0.15) is 0 Å². The zero-order valence-electron chi connectivity index (χ0n) is 26.0. The first kappa shape index (κ1) is 28.0. The van der Waals surface area contributed by atoms with E-state index in [1.165, 1.54) is 25.7 Å². The zero-order valence-corrected chi connectivity index (χ0v) is 26.0. The largest absolute Gasteiger partial charge is 0.493 e. The average molecular weight is 598 g/mol. The smallest absolute Gasteiger partial charge is 0.256 e. The minimum atomic E-state index is 0.102. The molecule has 8 rings (SSSR count). The van der Waals surface area contributed by atoms with Crippen LogP contribution in [0.15, 0.2) is 29.3 Å². The molecule has 232 valence electrons. The zero-order chi connectivity index (χ0) is 30.1. The summed E-state index contributed by atoms with van der Waals surface area (Å²) in [7, 11) is 1.64. The molecule has 8 heteroatoms. The number of nitrogens with zero attached hydrogens (tertiary/aromatic N) is 3. The quantitative estimate of drug-likeness (QED) is 0.318. The van der Waals surface area contributed by atoms with Gasteiger partial charge in [0.1, 0.15) is 5.75 Å². The minimum absolute atomic E-state index is 0.102. The number of unbranched alkanes of at least 4 members (excludes halogenated alkanes) is 2. The lowest BCUT2D eigenvalue weighted by Crippen LogP contribution is -2.35. The fourth-order valence-corrected chi connectivity index (χ4v) is 8.13. The fourth-order valence-electron chi connectivity index (χ4n) is 8.13. The molecule has 8 nitrogen and oxygen atoms in total. The van der Waals surface area contributed by atoms with Gasteiger partial charge in [0.25, 0.3) is 11.8 Å². The van der Waals surface area contributed by atoms with Crippen LogP contribution in [0, 0.1) is 17.8 Å². The Labute approximate surface area is 259 Å². The van der Waals surface area contributed by atoms with Gasteiger partial charge in [0.2, 0.25) is 0 Å². The molecule has 4 heterocycles. The summed E-state index contributed by atoms with van der Waals surface area (Å²) >= 11 is 0. The van der Waals surface area contributed by atoms with E-state index in [0.29, 0.717) is 47.1 Å². The molecule has 2 saturated heterocycles. The molecule has 0 radical (unpaired) electrons. The number of hydrogen-bond donors (Lipinski definition) is 0. The first-order chi connectivity index (χ1) is 21.4. The summed E-state index contributed by atoms with van der Waals surface area (Å²) < 4.78 is 18.0. The van der Waals surface area contributed by atoms with Crippen LogP contribution < -0.4 is 14.2 Å². The molecule has 6 aliphatic rings. The number of fused-ring (bicyclic) bond motifs is 4. The van der Waals surface area contributed by atoms with Gasteiger partial charge >= 0.3 is 0 Å². The normalized spacial score (nSPS) is 24.9. The maximum absolute atomic E-state index is 13.5. The molecule has 2 amide bonds. The van der Waals surface area contributed by atoms with Crippen LogP contribution in [-0.2, 0) is 6.42 Å². The second-order valence-electron chi connectivity index (χ2n) is 14.4. The Morgan fingerprint density at radius 1 is 0.818 bits per heavy atom. The van der Waals surface area contributed by atoms with Crippen molar-refractivity contribution in [2.24, 2.45) is 15.8 Å². The van der Waals surface area contributed by atoms with Gasteiger partial charge in [-0.3, -0.25) is 14.6 Å². The summed E-state index contributed by atoms with van der Waals surface area (Å²) in [4.78, 5) is 35.7. The van der Waals surface area contributed by atoms with E-state index < -0.39 is 0 Å². The number of carbonyl (C=O) groups excluding carboxylic acids is 2. The Morgan fingerprint density at radius 2 is 1.52 bits per heavy atom. The molecular formula is C36H43N3O5. The lowest BCUT2D eigenvalue weighted by molar-refractivity contribution is 0.0732. The van der Waals surface area contributed by atoms with Crippen LogP contribution in [0.2, 0.25) is 0 Å². The van der Waals surface area contributed by atoms with Crippen LogP contribution >= 0.6 is 0 Å². The molecule has 4 fully saturated rings. The monoisotopic (exact) mass is 597 g/mol. The molecule has 2 spiro atoms. The maximum Gasteiger partial charge on any atom is 0.256 e. The van der Waals surface area contributed by atoms with E-state index in [-0.39, 0.29) is 17.9 Å². The van der Waals surface area contributed by atoms with E-state index in [1.807, 2.05) is 42.3 Å². The van der Waals surface area contributed by atoms with Crippen LogP contribution in [-0.4, -0.2) is 73.3 Å². The Balaban J connectivity index is 0.831. The number of rotatable bonds is 9. The molecule has 0 bridgehead atoms. The van der Waals surface area contributed by atoms with Crippen LogP contribution in [0.1, 0.15) is 96.1 Å². The third kappa shape index (κ3) is 4.94. The van der Waals surface area contributed by atoms with E-state index in [0.717, 1.165) is 86.2 Å². The number of hydrogen-bond acceptors (Lipinski definition) is 6. The highest BCUT2D eigenvalue weighted by Gasteiger charge is 2.54. The van der Waals surface area contributed by atoms with Crippen molar-refractivity contribution in [2.75, 3.05) is 33.4 Å². The van der Waals surface area contributed by atoms with Gasteiger partial charge in [-0.25, -0.2) is 0 Å². The van der Waals surface area contributed by atoms with Crippen molar-refractivity contribution in [1.29, 1.82) is 0 Å². The van der Waals surface area contributed by atoms with Crippen molar-refractivity contribution in [1.82, 2.24) is 9.80 Å². The topological polar surface area (TPSA) is 80.7 Å². The second-order valence-corrected chi connectivity index (χ2v) is 14.4. The SMILES string of the molecule is COc1cc2c(cc1OCCCCCOc1cc3c(cc1C)C(=O)N1CC4(CC4)C[C@H]1C=N3)CCC1CC3(CC3)CN1C2=O. The lowest BCUT2D eigenvalue weighted by atomic mass is 9.97. The number of amides is 2. The van der Waals surface area contributed by atoms with E-state index in [1.54, 1.807) is 7.11 Å². The van der Waals surface area contributed by atoms with Crippen molar-refractivity contribution in [2.45, 2.75) is 89.6 Å². The summed E-state index contributed by atoms with van der Waals surface area (Å²) in [6.07, 6.45) is 13.9. The number of aryl methyl sites for hydroxylation is 2. The number of benzene rings is 2. The molecule has 2 atom stereocenters. The molecule has 0 aromatic heterocycles. The molecule has 1 unspecified atom stereocenters. The first-order valence-corrected chi connectivity index (χ1v) is 16.6. The van der Waals surface area contributed by atoms with E-state index in [2.05, 4.69) is 4.90 Å². The van der Waals surface area contributed by atoms with Gasteiger partial charge < -0.3 is 24.0 Å². The highest BCUT2D eigenvalue weighted by Crippen LogP contribution is 2.57. The highest BCUT2D eigenvalue weighted by molar-refractivity contribution is 6.03. The summed E-state index contributed by atoms with van der Waals surface area (Å²) in [5, 5.41) is 0. The molecule has 4 aliphatic heterocycles. The summed E-state index contributed by atoms with van der Waals surface area (Å²) in [5.74, 6) is 2.41. The van der Waals surface area contributed by atoms with Gasteiger partial charge in [-0.05, 0) is 118 Å². The molecular weight excluding hydrogens is 554 g/mol. The Bertz CT molecular complexity index is 1540. The van der Waals surface area contributed by atoms with Gasteiger partial charge in [-0.1, -0.05) is 0 Å². The highest BCUT2D eigenvalue weighted by atomic mass is 16.5. The Hall–Kier alpha value is -3.55. The third-order valence-corrected chi connectivity index (χ3v) is 11.2. The first-order valence-electron chi connectivity index (χ1n) is 16.6. The van der Waals surface area contributed by atoms with Crippen LogP contribution in [0.4, 0.5) is 5.69 Å². The third-order valence-electron chi connectivity index (χ3n) is 11.2. The second kappa shape index (κ2) is 10.5. The van der Waals surface area contributed by atoms with Crippen molar-refractivity contribution in [3.05, 3.63) is 46.5 Å². The van der Waals surface area contributed by atoms with Crippen molar-refractivity contribution < 1.29 is 23.8 Å². The number of aliphatic imine (C=N–C) groups is 1. The Morgan fingerprint density at radius 3 is 2.27 bits per heavy atom. The molecule has 2 aliphatic carbocycles. The van der Waals surface area contributed by atoms with Crippen LogP contribution in [0.3, 0.4) is 0 Å². The van der Waals surface area contributed by atoms with Crippen LogP contribution in [0.5, 0.6) is 17.2 Å². The van der Waals surface area contributed by atoms with Gasteiger partial charge in [0.15, 0.2) is 11.5 Å². The molecule has 2 aromatic carbocycles. The summed E-state index contributed by atoms with van der Waals surface area (Å²) in [6, 6.07) is 8.30. The van der Waals surface area contributed by atoms with Gasteiger partial charge in [0, 0.05) is 37.0 Å². The molecule has 2 aromatic rings. The fraction of sp³-hybridized carbons (Fsp3) is 0.583. The maximum atomic E-state index is 13.5. The van der Waals surface area contributed by atoms with Crippen LogP contribution in [0.25, 0.3) is 0 Å². The van der Waals surface area contributed by atoms with Crippen molar-refractivity contribution in [3.63, 3.8) is 0 Å². The van der Waals surface area contributed by atoms with E-state index in [9.17, 15) is 9.59 Å². The van der Waals surface area contributed by atoms with Crippen molar-refractivity contribution in [3.8, 4) is 17.2 Å². The van der Waals surface area contributed by atoms with E-state index in [4.69, 9.17) is 19.2 Å². The number of carbonyl (C=O) groups is 2. The standard InChI is InChI=1S/C36H43N3O5/c1-23-14-28-29(37-20-26-19-36(10-11-36)22-39(26)34(28)41)17-30(23)43-12-4-3-5-13-44-32-15-24-6-7-25-18-35(8-9-35)21-38(25)33(40)27(24)16-31(32)42-2/h14-17,20,25-26H,3-13,18-19,21-22H2,1-2H3/t25?,26-/m0/s1. The number of ether oxygens (including phenoxy) is 3. The summed E-state index contributed by atoms with van der Waals surface area (Å²) in [6.45, 7) is 4.96.